The van der Waals surface area contributed by atoms with Crippen LogP contribution in [-0.2, 0) is 5.41 Å². The average Bonchev–Trinajstić information content (AvgIpc) is 2.39. The topological polar surface area (TPSA) is 57.5 Å². The summed E-state index contributed by atoms with van der Waals surface area (Å²) < 4.78 is 0. The first kappa shape index (κ1) is 14.1. The number of phenolic OH excluding ortho intramolecular Hbond substituents is 1. The Morgan fingerprint density at radius 2 is 1.55 bits per heavy atom. The standard InChI is InChI=1S/C17H18O3/c1-11-4-5-13(10-15(11)16(19)20)17(2,3)12-6-8-14(18)9-7-12/h4-10,18H,1-3H3,(H,19,20). The minimum atomic E-state index is -0.911. The van der Waals surface area contributed by atoms with Crippen LogP contribution in [0.5, 0.6) is 5.75 Å². The fourth-order valence-electron chi connectivity index (χ4n) is 2.29. The molecular formula is C17H18O3. The molecule has 2 N–H and O–H groups in total. The number of rotatable bonds is 3. The lowest BCUT2D eigenvalue weighted by Gasteiger charge is -2.26. The van der Waals surface area contributed by atoms with Gasteiger partial charge < -0.3 is 10.2 Å². The van der Waals surface area contributed by atoms with E-state index in [1.165, 1.54) is 0 Å². The predicted molar refractivity (Wildman–Crippen MR) is 78.4 cm³/mol. The summed E-state index contributed by atoms with van der Waals surface area (Å²) in [7, 11) is 0. The molecule has 0 unspecified atom stereocenters. The fourth-order valence-corrected chi connectivity index (χ4v) is 2.29. The summed E-state index contributed by atoms with van der Waals surface area (Å²) in [5.41, 5.74) is 2.71. The van der Waals surface area contributed by atoms with Crippen LogP contribution >= 0.6 is 0 Å². The van der Waals surface area contributed by atoms with Crippen molar-refractivity contribution in [3.8, 4) is 5.75 Å². The minimum absolute atomic E-state index is 0.222. The van der Waals surface area contributed by atoms with Gasteiger partial charge in [-0.3, -0.25) is 0 Å². The molecule has 0 bridgehead atoms. The van der Waals surface area contributed by atoms with E-state index in [-0.39, 0.29) is 11.2 Å². The van der Waals surface area contributed by atoms with E-state index in [9.17, 15) is 15.0 Å². The summed E-state index contributed by atoms with van der Waals surface area (Å²) in [5, 5.41) is 18.6. The molecule has 0 saturated carbocycles. The molecule has 2 aromatic rings. The fraction of sp³-hybridized carbons (Fsp3) is 0.235. The summed E-state index contributed by atoms with van der Waals surface area (Å²) in [4.78, 5) is 11.2. The number of aryl methyl sites for hydroxylation is 1. The minimum Gasteiger partial charge on any atom is -0.508 e. The van der Waals surface area contributed by atoms with Crippen molar-refractivity contribution in [2.75, 3.05) is 0 Å². The van der Waals surface area contributed by atoms with Gasteiger partial charge in [-0.2, -0.15) is 0 Å². The predicted octanol–water partition coefficient (Wildman–Crippen LogP) is 3.72. The summed E-state index contributed by atoms with van der Waals surface area (Å²) in [6.07, 6.45) is 0. The number of aromatic hydroxyl groups is 1. The maximum atomic E-state index is 11.2. The number of phenols is 1. The zero-order valence-electron chi connectivity index (χ0n) is 11.8. The number of carbonyl (C=O) groups is 1. The molecule has 0 aromatic heterocycles. The molecule has 0 aliphatic heterocycles. The molecule has 0 aliphatic carbocycles. The maximum Gasteiger partial charge on any atom is 0.335 e. The Kier molecular flexibility index (Phi) is 3.53. The third-order valence-electron chi connectivity index (χ3n) is 3.78. The van der Waals surface area contributed by atoms with E-state index in [0.29, 0.717) is 5.56 Å². The maximum absolute atomic E-state index is 11.2. The van der Waals surface area contributed by atoms with Crippen LogP contribution in [0.1, 0.15) is 40.9 Å². The van der Waals surface area contributed by atoms with E-state index < -0.39 is 5.97 Å². The van der Waals surface area contributed by atoms with Gasteiger partial charge in [0.05, 0.1) is 5.56 Å². The van der Waals surface area contributed by atoms with E-state index in [2.05, 4.69) is 0 Å². The number of carboxylic acids is 1. The quantitative estimate of drug-likeness (QED) is 0.893. The SMILES string of the molecule is Cc1ccc(C(C)(C)c2ccc(O)cc2)cc1C(=O)O. The van der Waals surface area contributed by atoms with Crippen molar-refractivity contribution in [3.05, 3.63) is 64.7 Å². The van der Waals surface area contributed by atoms with Gasteiger partial charge >= 0.3 is 5.97 Å². The average molecular weight is 270 g/mol. The number of hydrogen-bond acceptors (Lipinski definition) is 2. The van der Waals surface area contributed by atoms with Gasteiger partial charge in [-0.15, -0.1) is 0 Å². The molecule has 0 spiro atoms. The van der Waals surface area contributed by atoms with Crippen LogP contribution in [0.3, 0.4) is 0 Å². The third-order valence-corrected chi connectivity index (χ3v) is 3.78. The van der Waals surface area contributed by atoms with Crippen LogP contribution in [0.15, 0.2) is 42.5 Å². The lowest BCUT2D eigenvalue weighted by Crippen LogP contribution is -2.19. The smallest absolute Gasteiger partial charge is 0.335 e. The van der Waals surface area contributed by atoms with Gasteiger partial charge in [-0.25, -0.2) is 4.79 Å². The van der Waals surface area contributed by atoms with Crippen molar-refractivity contribution < 1.29 is 15.0 Å². The molecule has 0 amide bonds. The molecular weight excluding hydrogens is 252 g/mol. The van der Waals surface area contributed by atoms with Crippen molar-refractivity contribution in [1.29, 1.82) is 0 Å². The normalized spacial score (nSPS) is 11.3. The van der Waals surface area contributed by atoms with Crippen LogP contribution < -0.4 is 0 Å². The first-order valence-corrected chi connectivity index (χ1v) is 6.46. The van der Waals surface area contributed by atoms with E-state index in [0.717, 1.165) is 16.7 Å². The van der Waals surface area contributed by atoms with Crippen LogP contribution in [-0.4, -0.2) is 16.2 Å². The van der Waals surface area contributed by atoms with Gasteiger partial charge in [0, 0.05) is 5.41 Å². The molecule has 3 heteroatoms. The number of benzene rings is 2. The van der Waals surface area contributed by atoms with Gasteiger partial charge in [0.15, 0.2) is 0 Å². The molecule has 2 rings (SSSR count). The summed E-state index contributed by atoms with van der Waals surface area (Å²) in [6, 6.07) is 12.5. The van der Waals surface area contributed by atoms with E-state index in [1.54, 1.807) is 25.1 Å². The number of hydrogen-bond donors (Lipinski definition) is 2. The van der Waals surface area contributed by atoms with Crippen LogP contribution in [0.2, 0.25) is 0 Å². The molecule has 0 radical (unpaired) electrons. The van der Waals surface area contributed by atoms with Crippen LogP contribution in [0.25, 0.3) is 0 Å². The lowest BCUT2D eigenvalue weighted by molar-refractivity contribution is 0.0696. The second-order valence-electron chi connectivity index (χ2n) is 5.51. The van der Waals surface area contributed by atoms with Gasteiger partial charge in [0.1, 0.15) is 5.75 Å². The molecule has 0 heterocycles. The first-order valence-electron chi connectivity index (χ1n) is 6.46. The first-order chi connectivity index (χ1) is 9.32. The highest BCUT2D eigenvalue weighted by Crippen LogP contribution is 2.33. The highest BCUT2D eigenvalue weighted by Gasteiger charge is 2.24. The molecule has 0 fully saturated rings. The monoisotopic (exact) mass is 270 g/mol. The summed E-state index contributed by atoms with van der Waals surface area (Å²) in [6.45, 7) is 5.87. The Balaban J connectivity index is 2.51. The molecule has 3 nitrogen and oxygen atoms in total. The second kappa shape index (κ2) is 5.00. The Labute approximate surface area is 118 Å². The van der Waals surface area contributed by atoms with Crippen LogP contribution in [0, 0.1) is 6.92 Å². The Bertz CT molecular complexity index is 640. The van der Waals surface area contributed by atoms with E-state index in [1.807, 2.05) is 38.1 Å². The largest absolute Gasteiger partial charge is 0.508 e. The lowest BCUT2D eigenvalue weighted by atomic mass is 9.77. The zero-order chi connectivity index (χ0) is 14.9. The molecule has 104 valence electrons. The van der Waals surface area contributed by atoms with Gasteiger partial charge in [0.2, 0.25) is 0 Å². The number of carboxylic acid groups (broad SMARTS) is 1. The Hall–Kier alpha value is -2.29. The Morgan fingerprint density at radius 1 is 1.00 bits per heavy atom. The highest BCUT2D eigenvalue weighted by molar-refractivity contribution is 5.89. The van der Waals surface area contributed by atoms with E-state index in [4.69, 9.17) is 0 Å². The molecule has 0 saturated heterocycles. The number of aromatic carboxylic acids is 1. The van der Waals surface area contributed by atoms with Crippen molar-refractivity contribution in [2.45, 2.75) is 26.2 Å². The van der Waals surface area contributed by atoms with Crippen molar-refractivity contribution >= 4 is 5.97 Å². The highest BCUT2D eigenvalue weighted by atomic mass is 16.4. The van der Waals surface area contributed by atoms with Crippen molar-refractivity contribution in [2.24, 2.45) is 0 Å². The van der Waals surface area contributed by atoms with Crippen LogP contribution in [0.4, 0.5) is 0 Å². The van der Waals surface area contributed by atoms with Crippen molar-refractivity contribution in [3.63, 3.8) is 0 Å². The van der Waals surface area contributed by atoms with Gasteiger partial charge in [0.25, 0.3) is 0 Å². The molecule has 0 aliphatic rings. The Morgan fingerprint density at radius 3 is 2.10 bits per heavy atom. The second-order valence-corrected chi connectivity index (χ2v) is 5.51. The summed E-state index contributed by atoms with van der Waals surface area (Å²) in [5.74, 6) is -0.689. The van der Waals surface area contributed by atoms with E-state index >= 15 is 0 Å². The zero-order valence-corrected chi connectivity index (χ0v) is 11.8. The third kappa shape index (κ3) is 2.52. The van der Waals surface area contributed by atoms with Crippen molar-refractivity contribution in [1.82, 2.24) is 0 Å². The molecule has 2 aromatic carbocycles. The summed E-state index contributed by atoms with van der Waals surface area (Å²) >= 11 is 0. The van der Waals surface area contributed by atoms with Gasteiger partial charge in [-0.1, -0.05) is 38.1 Å². The molecule has 20 heavy (non-hydrogen) atoms. The molecule has 0 atom stereocenters. The van der Waals surface area contributed by atoms with Gasteiger partial charge in [-0.05, 0) is 41.8 Å².